The second kappa shape index (κ2) is 61.3. The van der Waals surface area contributed by atoms with Gasteiger partial charge in [-0.15, -0.1) is 0 Å². The third-order valence-corrected chi connectivity index (χ3v) is 14.1. The van der Waals surface area contributed by atoms with Crippen molar-refractivity contribution in [3.63, 3.8) is 0 Å². The molecule has 0 radical (unpaired) electrons. The van der Waals surface area contributed by atoms with Crippen LogP contribution in [0.2, 0.25) is 0 Å². The number of hydrogen-bond donors (Lipinski definition) is 1. The Kier molecular flexibility index (Phi) is 58.4. The molecule has 0 aromatic rings. The summed E-state index contributed by atoms with van der Waals surface area (Å²) in [7, 11) is 5.97. The molecule has 2 atom stereocenters. The van der Waals surface area contributed by atoms with Crippen molar-refractivity contribution >= 4 is 17.9 Å². The highest BCUT2D eigenvalue weighted by molar-refractivity contribution is 5.71. The molecule has 0 aromatic carbocycles. The first-order chi connectivity index (χ1) is 39.1. The first-order valence-corrected chi connectivity index (χ1v) is 32.9. The molecule has 0 rings (SSSR count). The molecule has 0 saturated carbocycles. The molecule has 80 heavy (non-hydrogen) atoms. The van der Waals surface area contributed by atoms with E-state index in [-0.39, 0.29) is 32.2 Å². The Balaban J connectivity index is 4.10. The van der Waals surface area contributed by atoms with Gasteiger partial charge in [0.1, 0.15) is 13.2 Å². The highest BCUT2D eigenvalue weighted by Crippen LogP contribution is 2.17. The minimum atomic E-state index is -1.51. The van der Waals surface area contributed by atoms with Crippen LogP contribution in [0.15, 0.2) is 97.2 Å². The zero-order chi connectivity index (χ0) is 58.3. The second-order valence-electron chi connectivity index (χ2n) is 23.0. The highest BCUT2D eigenvalue weighted by Gasteiger charge is 2.25. The lowest BCUT2D eigenvalue weighted by Gasteiger charge is -2.25. The summed E-state index contributed by atoms with van der Waals surface area (Å²) in [5.41, 5.74) is 0. The van der Waals surface area contributed by atoms with E-state index >= 15 is 0 Å². The number of carbonyl (C=O) groups is 3. The Labute approximate surface area is 492 Å². The minimum Gasteiger partial charge on any atom is -0.477 e. The Hall–Kier alpha value is -3.79. The predicted octanol–water partition coefficient (Wildman–Crippen LogP) is 20.1. The van der Waals surface area contributed by atoms with Crippen molar-refractivity contribution in [3.8, 4) is 0 Å². The highest BCUT2D eigenvalue weighted by atomic mass is 16.7. The van der Waals surface area contributed by atoms with Gasteiger partial charge in [0.15, 0.2) is 6.10 Å². The Morgan fingerprint density at radius 3 is 1.07 bits per heavy atom. The number of quaternary nitrogens is 1. The SMILES string of the molecule is CC/C=C\C/C=C\C/C=C\C/C=C\C/C=C\C/C=C\C/C=C\CCCCCCCCCCCCCCCCCC(=O)OC(COC(=O)CCCCCCCCC/C=C\CCCCCCCCC)COC(OCC[N+](C)(C)C)C(=O)O. The number of carbonyl (C=O) groups excluding carboxylic acids is 2. The van der Waals surface area contributed by atoms with Crippen LogP contribution in [0.1, 0.15) is 277 Å². The Bertz CT molecular complexity index is 1630. The molecule has 0 aliphatic rings. The van der Waals surface area contributed by atoms with Crippen LogP contribution in [-0.2, 0) is 33.3 Å². The number of ether oxygens (including phenoxy) is 4. The van der Waals surface area contributed by atoms with E-state index in [9.17, 15) is 19.5 Å². The van der Waals surface area contributed by atoms with Gasteiger partial charge in [-0.05, 0) is 96.3 Å². The normalized spacial score (nSPS) is 13.4. The fraction of sp³-hybridized carbons (Fsp3) is 0.732. The van der Waals surface area contributed by atoms with Gasteiger partial charge in [0.05, 0.1) is 34.4 Å². The first kappa shape index (κ1) is 76.2. The molecule has 0 amide bonds. The van der Waals surface area contributed by atoms with Crippen LogP contribution in [-0.4, -0.2) is 87.4 Å². The van der Waals surface area contributed by atoms with Gasteiger partial charge in [0, 0.05) is 12.8 Å². The number of carboxylic acids is 1. The first-order valence-electron chi connectivity index (χ1n) is 32.9. The Morgan fingerprint density at radius 2 is 0.713 bits per heavy atom. The molecular weight excluding hydrogens is 995 g/mol. The summed E-state index contributed by atoms with van der Waals surface area (Å²) >= 11 is 0. The zero-order valence-electron chi connectivity index (χ0n) is 52.5. The average molecular weight is 1120 g/mol. The van der Waals surface area contributed by atoms with Gasteiger partial charge in [-0.1, -0.05) is 265 Å². The van der Waals surface area contributed by atoms with Crippen molar-refractivity contribution in [3.05, 3.63) is 97.2 Å². The molecule has 0 spiro atoms. The van der Waals surface area contributed by atoms with Gasteiger partial charge < -0.3 is 28.5 Å². The smallest absolute Gasteiger partial charge is 0.361 e. The molecule has 0 aromatic heterocycles. The number of rotatable bonds is 60. The van der Waals surface area contributed by atoms with E-state index in [1.807, 2.05) is 21.1 Å². The van der Waals surface area contributed by atoms with Crippen molar-refractivity contribution in [2.75, 3.05) is 47.5 Å². The molecule has 9 nitrogen and oxygen atoms in total. The van der Waals surface area contributed by atoms with Gasteiger partial charge >= 0.3 is 17.9 Å². The molecule has 0 bridgehead atoms. The molecule has 9 heteroatoms. The lowest BCUT2D eigenvalue weighted by molar-refractivity contribution is -0.870. The summed E-state index contributed by atoms with van der Waals surface area (Å²) < 4.78 is 22.9. The standard InChI is InChI=1S/C71H123NO8/c1-6-8-10-12-14-16-18-20-22-24-26-27-28-29-30-31-32-33-34-35-36-37-38-39-40-41-42-43-44-46-48-50-52-54-56-58-60-62-69(74)80-67(66-79-71(70(75)76)77-64-63-72(3,4)5)65-78-68(73)61-59-57-55-53-51-49-47-45-25-23-21-19-17-15-13-11-9-7-2/h8,10,14,16,20,22-23,25-27,29-30,32-33,35-36,67,71H,6-7,9,11-13,15,17-19,21,24,28,31,34,37-66H2,1-5H3/p+1/b10-8-,16-14-,22-20-,25-23-,27-26-,30-29-,33-32-,36-35-. The van der Waals surface area contributed by atoms with Crippen molar-refractivity contribution in [1.82, 2.24) is 0 Å². The monoisotopic (exact) mass is 1120 g/mol. The van der Waals surface area contributed by atoms with E-state index < -0.39 is 24.3 Å². The molecule has 460 valence electrons. The summed E-state index contributed by atoms with van der Waals surface area (Å²) in [6.07, 6.45) is 80.8. The van der Waals surface area contributed by atoms with Crippen LogP contribution in [0.4, 0.5) is 0 Å². The van der Waals surface area contributed by atoms with E-state index in [0.29, 0.717) is 17.4 Å². The number of esters is 2. The molecule has 0 heterocycles. The Morgan fingerprint density at radius 1 is 0.388 bits per heavy atom. The number of likely N-dealkylation sites (N-methyl/N-ethyl adjacent to an activating group) is 1. The second-order valence-corrected chi connectivity index (χ2v) is 23.0. The van der Waals surface area contributed by atoms with Crippen molar-refractivity contribution in [2.45, 2.75) is 289 Å². The minimum absolute atomic E-state index is 0.185. The van der Waals surface area contributed by atoms with Crippen molar-refractivity contribution in [1.29, 1.82) is 0 Å². The lowest BCUT2D eigenvalue weighted by Crippen LogP contribution is -2.40. The number of allylic oxidation sites excluding steroid dienone is 16. The molecule has 0 aliphatic heterocycles. The summed E-state index contributed by atoms with van der Waals surface area (Å²) in [5.74, 6) is -2.00. The van der Waals surface area contributed by atoms with E-state index in [1.165, 1.54) is 167 Å². The molecule has 0 fully saturated rings. The number of carboxylic acid groups (broad SMARTS) is 1. The van der Waals surface area contributed by atoms with Crippen LogP contribution < -0.4 is 0 Å². The van der Waals surface area contributed by atoms with Crippen molar-refractivity contribution < 1.29 is 42.9 Å². The zero-order valence-corrected chi connectivity index (χ0v) is 52.5. The molecular formula is C71H124NO8+. The van der Waals surface area contributed by atoms with Crippen LogP contribution in [0.5, 0.6) is 0 Å². The fourth-order valence-electron chi connectivity index (χ4n) is 9.05. The molecule has 2 unspecified atom stereocenters. The van der Waals surface area contributed by atoms with Crippen LogP contribution in [0.3, 0.4) is 0 Å². The molecule has 0 aliphatic carbocycles. The van der Waals surface area contributed by atoms with Gasteiger partial charge in [-0.25, -0.2) is 4.79 Å². The van der Waals surface area contributed by atoms with Crippen LogP contribution in [0.25, 0.3) is 0 Å². The van der Waals surface area contributed by atoms with Crippen LogP contribution in [0, 0.1) is 0 Å². The quantitative estimate of drug-likeness (QED) is 0.0211. The third-order valence-electron chi connectivity index (χ3n) is 14.1. The summed E-state index contributed by atoms with van der Waals surface area (Å²) in [6.45, 7) is 4.77. The van der Waals surface area contributed by atoms with E-state index in [1.54, 1.807) is 0 Å². The van der Waals surface area contributed by atoms with Gasteiger partial charge in [0.2, 0.25) is 0 Å². The van der Waals surface area contributed by atoms with Gasteiger partial charge in [-0.2, -0.15) is 0 Å². The molecule has 0 saturated heterocycles. The summed E-state index contributed by atoms with van der Waals surface area (Å²) in [6, 6.07) is 0. The predicted molar refractivity (Wildman–Crippen MR) is 341 cm³/mol. The van der Waals surface area contributed by atoms with E-state index in [2.05, 4.69) is 111 Å². The maximum Gasteiger partial charge on any atom is 0.361 e. The summed E-state index contributed by atoms with van der Waals surface area (Å²) in [4.78, 5) is 37.5. The lowest BCUT2D eigenvalue weighted by atomic mass is 10.0. The third kappa shape index (κ3) is 61.8. The number of unbranched alkanes of at least 4 members (excludes halogenated alkanes) is 29. The van der Waals surface area contributed by atoms with E-state index in [4.69, 9.17) is 18.9 Å². The maximum absolute atomic E-state index is 12.9. The number of aliphatic carboxylic acids is 1. The molecule has 1 N–H and O–H groups in total. The van der Waals surface area contributed by atoms with Crippen LogP contribution >= 0.6 is 0 Å². The number of hydrogen-bond acceptors (Lipinski definition) is 7. The summed E-state index contributed by atoms with van der Waals surface area (Å²) in [5, 5.41) is 9.72. The maximum atomic E-state index is 12.9. The van der Waals surface area contributed by atoms with E-state index in [0.717, 1.165) is 83.5 Å². The van der Waals surface area contributed by atoms with Gasteiger partial charge in [-0.3, -0.25) is 9.59 Å². The topological polar surface area (TPSA) is 108 Å². The van der Waals surface area contributed by atoms with Crippen molar-refractivity contribution in [2.24, 2.45) is 0 Å². The fourth-order valence-corrected chi connectivity index (χ4v) is 9.05. The largest absolute Gasteiger partial charge is 0.477 e. The van der Waals surface area contributed by atoms with Gasteiger partial charge in [0.25, 0.3) is 6.29 Å². The number of nitrogens with zero attached hydrogens (tertiary/aromatic N) is 1. The average Bonchev–Trinajstić information content (AvgIpc) is 3.43.